The van der Waals surface area contributed by atoms with E-state index in [-0.39, 0.29) is 12.0 Å². The summed E-state index contributed by atoms with van der Waals surface area (Å²) in [5.74, 6) is 0. The van der Waals surface area contributed by atoms with E-state index in [2.05, 4.69) is 25.4 Å². The topological polar surface area (TPSA) is 32.3 Å². The van der Waals surface area contributed by atoms with Crippen LogP contribution in [0.15, 0.2) is 0 Å². The molecule has 1 rings (SSSR count). The van der Waals surface area contributed by atoms with Crippen LogP contribution in [-0.2, 0) is 0 Å². The van der Waals surface area contributed by atoms with Gasteiger partial charge in [-0.05, 0) is 19.1 Å². The average Bonchev–Trinajstić information content (AvgIpc) is 2.67. The lowest BCUT2D eigenvalue weighted by atomic mass is 9.94. The SMILES string of the molecule is CSC1(CNCC(C)(C)CO)CCCC1. The minimum atomic E-state index is 0.0121. The lowest BCUT2D eigenvalue weighted by Crippen LogP contribution is -2.40. The Kier molecular flexibility index (Phi) is 4.94. The van der Waals surface area contributed by atoms with Crippen LogP contribution >= 0.6 is 11.8 Å². The van der Waals surface area contributed by atoms with E-state index in [0.29, 0.717) is 4.75 Å². The number of rotatable bonds is 6. The largest absolute Gasteiger partial charge is 0.396 e. The van der Waals surface area contributed by atoms with Gasteiger partial charge < -0.3 is 10.4 Å². The van der Waals surface area contributed by atoms with Gasteiger partial charge in [0.2, 0.25) is 0 Å². The summed E-state index contributed by atoms with van der Waals surface area (Å²) in [5, 5.41) is 12.7. The molecule has 0 aromatic heterocycles. The minimum absolute atomic E-state index is 0.0121. The van der Waals surface area contributed by atoms with Gasteiger partial charge in [0.15, 0.2) is 0 Å². The third kappa shape index (κ3) is 3.97. The zero-order valence-electron chi connectivity index (χ0n) is 10.3. The zero-order chi connectivity index (χ0) is 11.4. The molecule has 0 atom stereocenters. The molecule has 0 aliphatic heterocycles. The van der Waals surface area contributed by atoms with Crippen molar-refractivity contribution >= 4 is 11.8 Å². The van der Waals surface area contributed by atoms with E-state index in [1.54, 1.807) is 0 Å². The molecule has 1 aliphatic rings. The van der Waals surface area contributed by atoms with Gasteiger partial charge in [0.1, 0.15) is 0 Å². The van der Waals surface area contributed by atoms with Crippen molar-refractivity contribution in [3.8, 4) is 0 Å². The summed E-state index contributed by atoms with van der Waals surface area (Å²) in [6, 6.07) is 0. The normalized spacial score (nSPS) is 20.8. The van der Waals surface area contributed by atoms with Crippen molar-refractivity contribution in [2.45, 2.75) is 44.3 Å². The Hall–Kier alpha value is 0.270. The Bertz CT molecular complexity index is 188. The molecule has 0 unspecified atom stereocenters. The summed E-state index contributed by atoms with van der Waals surface area (Å²) >= 11 is 2.01. The van der Waals surface area contributed by atoms with Crippen LogP contribution in [0.1, 0.15) is 39.5 Å². The van der Waals surface area contributed by atoms with Crippen LogP contribution in [-0.4, -0.2) is 35.8 Å². The fraction of sp³-hybridized carbons (Fsp3) is 1.00. The molecule has 3 heteroatoms. The number of aliphatic hydroxyl groups excluding tert-OH is 1. The summed E-state index contributed by atoms with van der Waals surface area (Å²) in [6.07, 6.45) is 7.68. The smallest absolute Gasteiger partial charge is 0.0494 e. The molecule has 1 fully saturated rings. The number of nitrogens with one attached hydrogen (secondary N) is 1. The summed E-state index contributed by atoms with van der Waals surface area (Å²) in [6.45, 7) is 6.45. The van der Waals surface area contributed by atoms with Crippen LogP contribution in [0.4, 0.5) is 0 Å². The number of thioether (sulfide) groups is 1. The molecule has 0 amide bonds. The molecule has 2 nitrogen and oxygen atoms in total. The Morgan fingerprint density at radius 1 is 1.33 bits per heavy atom. The van der Waals surface area contributed by atoms with Crippen LogP contribution in [0.2, 0.25) is 0 Å². The highest BCUT2D eigenvalue weighted by Crippen LogP contribution is 2.39. The first-order chi connectivity index (χ1) is 7.04. The Morgan fingerprint density at radius 2 is 1.93 bits per heavy atom. The molecule has 1 aliphatic carbocycles. The highest BCUT2D eigenvalue weighted by Gasteiger charge is 2.32. The van der Waals surface area contributed by atoms with Crippen LogP contribution in [0.3, 0.4) is 0 Å². The Morgan fingerprint density at radius 3 is 2.40 bits per heavy atom. The minimum Gasteiger partial charge on any atom is -0.396 e. The summed E-state index contributed by atoms with van der Waals surface area (Å²) in [4.78, 5) is 0. The maximum absolute atomic E-state index is 9.16. The summed E-state index contributed by atoms with van der Waals surface area (Å²) < 4.78 is 0.478. The standard InChI is InChI=1S/C12H25NOS/c1-11(2,10-14)8-13-9-12(15-3)6-4-5-7-12/h13-14H,4-10H2,1-3H3. The fourth-order valence-electron chi connectivity index (χ4n) is 2.16. The van der Waals surface area contributed by atoms with Crippen molar-refractivity contribution in [3.05, 3.63) is 0 Å². The second kappa shape index (κ2) is 5.55. The van der Waals surface area contributed by atoms with Crippen molar-refractivity contribution in [1.29, 1.82) is 0 Å². The monoisotopic (exact) mass is 231 g/mol. The quantitative estimate of drug-likeness (QED) is 0.735. The molecule has 0 bridgehead atoms. The summed E-state index contributed by atoms with van der Waals surface area (Å²) in [7, 11) is 0. The predicted molar refractivity (Wildman–Crippen MR) is 68.5 cm³/mol. The van der Waals surface area contributed by atoms with Gasteiger partial charge in [0.25, 0.3) is 0 Å². The second-order valence-corrected chi connectivity index (χ2v) is 6.79. The maximum atomic E-state index is 9.16. The van der Waals surface area contributed by atoms with Gasteiger partial charge in [-0.25, -0.2) is 0 Å². The third-order valence-electron chi connectivity index (χ3n) is 3.43. The van der Waals surface area contributed by atoms with E-state index in [1.165, 1.54) is 25.7 Å². The van der Waals surface area contributed by atoms with E-state index in [1.807, 2.05) is 11.8 Å². The number of hydrogen-bond donors (Lipinski definition) is 2. The molecule has 0 spiro atoms. The first-order valence-electron chi connectivity index (χ1n) is 5.90. The van der Waals surface area contributed by atoms with Crippen molar-refractivity contribution in [3.63, 3.8) is 0 Å². The van der Waals surface area contributed by atoms with E-state index in [4.69, 9.17) is 5.11 Å². The lowest BCUT2D eigenvalue weighted by Gasteiger charge is -2.30. The van der Waals surface area contributed by atoms with Crippen molar-refractivity contribution < 1.29 is 5.11 Å². The third-order valence-corrected chi connectivity index (χ3v) is 4.85. The van der Waals surface area contributed by atoms with Crippen LogP contribution < -0.4 is 5.32 Å². The molecule has 15 heavy (non-hydrogen) atoms. The molecule has 0 aromatic rings. The van der Waals surface area contributed by atoms with E-state index >= 15 is 0 Å². The lowest BCUT2D eigenvalue weighted by molar-refractivity contribution is 0.156. The van der Waals surface area contributed by atoms with Crippen molar-refractivity contribution in [1.82, 2.24) is 5.32 Å². The molecule has 0 aromatic carbocycles. The predicted octanol–water partition coefficient (Wildman–Crippen LogP) is 2.27. The van der Waals surface area contributed by atoms with Gasteiger partial charge in [-0.1, -0.05) is 26.7 Å². The highest BCUT2D eigenvalue weighted by molar-refractivity contribution is 8.00. The second-order valence-electron chi connectivity index (χ2n) is 5.52. The van der Waals surface area contributed by atoms with Crippen LogP contribution in [0, 0.1) is 5.41 Å². The van der Waals surface area contributed by atoms with E-state index < -0.39 is 0 Å². The van der Waals surface area contributed by atoms with Crippen molar-refractivity contribution in [2.24, 2.45) is 5.41 Å². The van der Waals surface area contributed by atoms with Gasteiger partial charge in [0.05, 0.1) is 0 Å². The zero-order valence-corrected chi connectivity index (χ0v) is 11.1. The Labute approximate surface area is 98.2 Å². The highest BCUT2D eigenvalue weighted by atomic mass is 32.2. The number of aliphatic hydroxyl groups is 1. The fourth-order valence-corrected chi connectivity index (χ4v) is 3.10. The van der Waals surface area contributed by atoms with Gasteiger partial charge in [-0.2, -0.15) is 11.8 Å². The molecule has 2 N–H and O–H groups in total. The first kappa shape index (κ1) is 13.3. The van der Waals surface area contributed by atoms with Crippen LogP contribution in [0.25, 0.3) is 0 Å². The van der Waals surface area contributed by atoms with Gasteiger partial charge in [-0.3, -0.25) is 0 Å². The van der Waals surface area contributed by atoms with E-state index in [0.717, 1.165) is 13.1 Å². The molecule has 90 valence electrons. The molecular weight excluding hydrogens is 206 g/mol. The number of hydrogen-bond acceptors (Lipinski definition) is 3. The molecule has 0 radical (unpaired) electrons. The maximum Gasteiger partial charge on any atom is 0.0494 e. The molecule has 0 saturated heterocycles. The summed E-state index contributed by atoms with van der Waals surface area (Å²) in [5.41, 5.74) is 0.0121. The van der Waals surface area contributed by atoms with Crippen molar-refractivity contribution in [2.75, 3.05) is 26.0 Å². The van der Waals surface area contributed by atoms with Gasteiger partial charge in [-0.15, -0.1) is 0 Å². The molecule has 0 heterocycles. The Balaban J connectivity index is 2.29. The van der Waals surface area contributed by atoms with Gasteiger partial charge in [0, 0.05) is 29.9 Å². The average molecular weight is 231 g/mol. The van der Waals surface area contributed by atoms with E-state index in [9.17, 15) is 0 Å². The molecule has 1 saturated carbocycles. The molecular formula is C12H25NOS. The first-order valence-corrected chi connectivity index (χ1v) is 7.13. The van der Waals surface area contributed by atoms with Crippen LogP contribution in [0.5, 0.6) is 0 Å². The van der Waals surface area contributed by atoms with Gasteiger partial charge >= 0.3 is 0 Å².